The van der Waals surface area contributed by atoms with E-state index in [0.29, 0.717) is 22.9 Å². The highest BCUT2D eigenvalue weighted by molar-refractivity contribution is 5.93. The highest BCUT2D eigenvalue weighted by Gasteiger charge is 2.15. The number of aromatic nitrogens is 1. The van der Waals surface area contributed by atoms with Crippen LogP contribution in [0, 0.1) is 18.6 Å². The van der Waals surface area contributed by atoms with Crippen molar-refractivity contribution in [2.24, 2.45) is 7.05 Å². The van der Waals surface area contributed by atoms with Crippen molar-refractivity contribution in [2.75, 3.05) is 0 Å². The van der Waals surface area contributed by atoms with Gasteiger partial charge in [0.25, 0.3) is 0 Å². The molecule has 2 rings (SSSR count). The Kier molecular flexibility index (Phi) is 2.07. The van der Waals surface area contributed by atoms with Crippen LogP contribution < -0.4 is 0 Å². The lowest BCUT2D eigenvalue weighted by Gasteiger charge is -1.99. The van der Waals surface area contributed by atoms with Gasteiger partial charge in [-0.3, -0.25) is 4.79 Å². The number of fused-ring (bicyclic) bond motifs is 1. The molecule has 0 saturated carbocycles. The summed E-state index contributed by atoms with van der Waals surface area (Å²) in [6.07, 6.45) is 0.646. The van der Waals surface area contributed by atoms with Gasteiger partial charge in [0.2, 0.25) is 0 Å². The molecule has 2 aromatic rings. The van der Waals surface area contributed by atoms with Gasteiger partial charge in [-0.2, -0.15) is 0 Å². The number of nitrogens with zero attached hydrogens (tertiary/aromatic N) is 1. The van der Waals surface area contributed by atoms with Crippen molar-refractivity contribution >= 4 is 17.2 Å². The second-order valence-electron chi connectivity index (χ2n) is 3.47. The van der Waals surface area contributed by atoms with E-state index >= 15 is 0 Å². The monoisotopic (exact) mass is 209 g/mol. The summed E-state index contributed by atoms with van der Waals surface area (Å²) in [5.41, 5.74) is 1.23. The van der Waals surface area contributed by atoms with Crippen molar-refractivity contribution < 1.29 is 13.6 Å². The third kappa shape index (κ3) is 1.25. The van der Waals surface area contributed by atoms with Crippen LogP contribution in [0.15, 0.2) is 12.1 Å². The fourth-order valence-corrected chi connectivity index (χ4v) is 1.87. The van der Waals surface area contributed by atoms with Gasteiger partial charge in [0.15, 0.2) is 6.29 Å². The average Bonchev–Trinajstić information content (AvgIpc) is 2.39. The number of hydrogen-bond donors (Lipinski definition) is 0. The van der Waals surface area contributed by atoms with E-state index < -0.39 is 11.6 Å². The third-order valence-corrected chi connectivity index (χ3v) is 2.62. The van der Waals surface area contributed by atoms with E-state index in [-0.39, 0.29) is 5.52 Å². The fourth-order valence-electron chi connectivity index (χ4n) is 1.87. The topological polar surface area (TPSA) is 22.0 Å². The van der Waals surface area contributed by atoms with E-state index in [4.69, 9.17) is 0 Å². The summed E-state index contributed by atoms with van der Waals surface area (Å²) in [6, 6.07) is 2.05. The molecule has 0 N–H and O–H groups in total. The predicted molar refractivity (Wildman–Crippen MR) is 53.0 cm³/mol. The minimum Gasteiger partial charge on any atom is -0.339 e. The molecule has 0 saturated heterocycles. The molecule has 1 aromatic carbocycles. The first-order chi connectivity index (χ1) is 7.06. The first-order valence-electron chi connectivity index (χ1n) is 4.45. The standard InChI is InChI=1S/C11H9F2NO/c1-6-8-3-7(12)4-9(13)11(8)14(2)10(6)5-15/h3-5H,1-2H3. The Morgan fingerprint density at radius 3 is 2.60 bits per heavy atom. The molecule has 0 bridgehead atoms. The molecule has 0 amide bonds. The van der Waals surface area contributed by atoms with Crippen molar-refractivity contribution in [2.45, 2.75) is 6.92 Å². The Balaban J connectivity index is 3.01. The summed E-state index contributed by atoms with van der Waals surface area (Å²) in [6.45, 7) is 1.67. The molecular weight excluding hydrogens is 200 g/mol. The van der Waals surface area contributed by atoms with Crippen molar-refractivity contribution in [3.63, 3.8) is 0 Å². The number of aryl methyl sites for hydroxylation is 2. The first-order valence-corrected chi connectivity index (χ1v) is 4.45. The van der Waals surface area contributed by atoms with Crippen LogP contribution in [0.1, 0.15) is 16.1 Å². The molecule has 15 heavy (non-hydrogen) atoms. The van der Waals surface area contributed by atoms with Gasteiger partial charge >= 0.3 is 0 Å². The van der Waals surface area contributed by atoms with Gasteiger partial charge in [0, 0.05) is 18.5 Å². The molecule has 4 heteroatoms. The number of carbonyl (C=O) groups is 1. The second-order valence-corrected chi connectivity index (χ2v) is 3.47. The normalized spacial score (nSPS) is 10.9. The molecule has 0 aliphatic heterocycles. The Morgan fingerprint density at radius 2 is 2.00 bits per heavy atom. The van der Waals surface area contributed by atoms with Crippen molar-refractivity contribution in [3.8, 4) is 0 Å². The number of rotatable bonds is 1. The Morgan fingerprint density at radius 1 is 1.33 bits per heavy atom. The number of carbonyl (C=O) groups excluding carboxylic acids is 1. The quantitative estimate of drug-likeness (QED) is 0.661. The fraction of sp³-hybridized carbons (Fsp3) is 0.182. The van der Waals surface area contributed by atoms with Gasteiger partial charge < -0.3 is 4.57 Å². The van der Waals surface area contributed by atoms with E-state index in [1.54, 1.807) is 14.0 Å². The van der Waals surface area contributed by atoms with Gasteiger partial charge in [0.05, 0.1) is 11.2 Å². The maximum absolute atomic E-state index is 13.5. The molecule has 78 valence electrons. The molecule has 2 nitrogen and oxygen atoms in total. The molecular formula is C11H9F2NO. The summed E-state index contributed by atoms with van der Waals surface area (Å²) in [7, 11) is 1.58. The molecule has 0 aliphatic carbocycles. The van der Waals surface area contributed by atoms with Crippen LogP contribution in [0.25, 0.3) is 10.9 Å². The largest absolute Gasteiger partial charge is 0.339 e. The van der Waals surface area contributed by atoms with E-state index in [1.807, 2.05) is 0 Å². The van der Waals surface area contributed by atoms with E-state index in [1.165, 1.54) is 10.6 Å². The van der Waals surface area contributed by atoms with E-state index in [2.05, 4.69) is 0 Å². The molecule has 1 aromatic heterocycles. The molecule has 0 fully saturated rings. The smallest absolute Gasteiger partial charge is 0.166 e. The Labute approximate surface area is 85.1 Å². The zero-order valence-electron chi connectivity index (χ0n) is 8.34. The average molecular weight is 209 g/mol. The highest BCUT2D eigenvalue weighted by Crippen LogP contribution is 2.26. The Bertz CT molecular complexity index is 557. The molecule has 0 atom stereocenters. The SMILES string of the molecule is Cc1c(C=O)n(C)c2c(F)cc(F)cc12. The van der Waals surface area contributed by atoms with Gasteiger partial charge in [-0.25, -0.2) is 8.78 Å². The van der Waals surface area contributed by atoms with Crippen LogP contribution in [0.4, 0.5) is 8.78 Å². The first kappa shape index (κ1) is 9.83. The Hall–Kier alpha value is -1.71. The van der Waals surface area contributed by atoms with Crippen LogP contribution in [-0.4, -0.2) is 10.9 Å². The van der Waals surface area contributed by atoms with Crippen LogP contribution in [-0.2, 0) is 7.05 Å². The van der Waals surface area contributed by atoms with Crippen molar-refractivity contribution in [1.29, 1.82) is 0 Å². The molecule has 0 radical (unpaired) electrons. The van der Waals surface area contributed by atoms with Crippen LogP contribution in [0.3, 0.4) is 0 Å². The highest BCUT2D eigenvalue weighted by atomic mass is 19.1. The third-order valence-electron chi connectivity index (χ3n) is 2.62. The summed E-state index contributed by atoms with van der Waals surface area (Å²) in [4.78, 5) is 10.8. The molecule has 0 unspecified atom stereocenters. The summed E-state index contributed by atoms with van der Waals surface area (Å²) >= 11 is 0. The maximum Gasteiger partial charge on any atom is 0.166 e. The summed E-state index contributed by atoms with van der Waals surface area (Å²) < 4.78 is 27.9. The second kappa shape index (κ2) is 3.15. The lowest BCUT2D eigenvalue weighted by Crippen LogP contribution is -1.96. The van der Waals surface area contributed by atoms with Gasteiger partial charge in [0.1, 0.15) is 11.6 Å². The summed E-state index contributed by atoms with van der Waals surface area (Å²) in [5, 5.41) is 0.442. The minimum atomic E-state index is -0.649. The minimum absolute atomic E-state index is 0.260. The van der Waals surface area contributed by atoms with E-state index in [0.717, 1.165) is 6.07 Å². The van der Waals surface area contributed by atoms with Gasteiger partial charge in [-0.1, -0.05) is 0 Å². The number of aldehydes is 1. The number of benzene rings is 1. The number of halogens is 2. The zero-order chi connectivity index (χ0) is 11.2. The number of hydrogen-bond acceptors (Lipinski definition) is 1. The van der Waals surface area contributed by atoms with E-state index in [9.17, 15) is 13.6 Å². The molecule has 1 heterocycles. The zero-order valence-corrected chi connectivity index (χ0v) is 8.34. The van der Waals surface area contributed by atoms with Crippen LogP contribution in [0.2, 0.25) is 0 Å². The lowest BCUT2D eigenvalue weighted by atomic mass is 10.1. The maximum atomic E-state index is 13.5. The van der Waals surface area contributed by atoms with Crippen LogP contribution >= 0.6 is 0 Å². The molecule has 0 aliphatic rings. The van der Waals surface area contributed by atoms with Crippen LogP contribution in [0.5, 0.6) is 0 Å². The molecule has 0 spiro atoms. The van der Waals surface area contributed by atoms with Gasteiger partial charge in [-0.15, -0.1) is 0 Å². The van der Waals surface area contributed by atoms with Crippen molar-refractivity contribution in [1.82, 2.24) is 4.57 Å². The predicted octanol–water partition coefficient (Wildman–Crippen LogP) is 2.58. The summed E-state index contributed by atoms with van der Waals surface area (Å²) in [5.74, 6) is -1.28. The lowest BCUT2D eigenvalue weighted by molar-refractivity contribution is 0.111. The van der Waals surface area contributed by atoms with Gasteiger partial charge in [-0.05, 0) is 18.6 Å². The van der Waals surface area contributed by atoms with Crippen molar-refractivity contribution in [3.05, 3.63) is 35.0 Å².